The van der Waals surface area contributed by atoms with Crippen molar-refractivity contribution in [2.24, 2.45) is 0 Å². The first-order valence-corrected chi connectivity index (χ1v) is 8.98. The fraction of sp³-hybridized carbons (Fsp3) is 0.286. The van der Waals surface area contributed by atoms with Crippen molar-refractivity contribution in [2.45, 2.75) is 19.0 Å². The molecule has 1 amide bonds. The molecule has 1 aromatic heterocycles. The Morgan fingerprint density at radius 3 is 2.56 bits per heavy atom. The van der Waals surface area contributed by atoms with Crippen LogP contribution in [0.5, 0.6) is 0 Å². The van der Waals surface area contributed by atoms with Crippen LogP contribution in [0.1, 0.15) is 18.0 Å². The van der Waals surface area contributed by atoms with Gasteiger partial charge in [-0.2, -0.15) is 0 Å². The average Bonchev–Trinajstić information content (AvgIpc) is 2.68. The van der Waals surface area contributed by atoms with E-state index < -0.39 is 0 Å². The van der Waals surface area contributed by atoms with Gasteiger partial charge in [-0.3, -0.25) is 14.2 Å². The van der Waals surface area contributed by atoms with E-state index in [2.05, 4.69) is 27.3 Å². The maximum absolute atomic E-state index is 12.5. The molecule has 3 rings (SSSR count). The molecule has 6 nitrogen and oxygen atoms in total. The molecule has 0 spiro atoms. The lowest BCUT2D eigenvalue weighted by Gasteiger charge is -2.25. The van der Waals surface area contributed by atoms with Crippen LogP contribution in [-0.2, 0) is 11.3 Å². The highest BCUT2D eigenvalue weighted by molar-refractivity contribution is 5.77. The Kier molecular flexibility index (Phi) is 5.98. The minimum Gasteiger partial charge on any atom is -0.354 e. The van der Waals surface area contributed by atoms with Crippen LogP contribution < -0.4 is 10.9 Å². The summed E-state index contributed by atoms with van der Waals surface area (Å²) in [5, 5.41) is 3.54. The summed E-state index contributed by atoms with van der Waals surface area (Å²) >= 11 is 0. The summed E-state index contributed by atoms with van der Waals surface area (Å²) in [5.74, 6) is -0.0853. The number of carbonyl (C=O) groups is 1. The number of hydrogen-bond donors (Lipinski definition) is 1. The lowest BCUT2D eigenvalue weighted by atomic mass is 10.1. The summed E-state index contributed by atoms with van der Waals surface area (Å²) < 4.78 is 1.49. The van der Waals surface area contributed by atoms with Gasteiger partial charge in [0.2, 0.25) is 5.91 Å². The van der Waals surface area contributed by atoms with E-state index in [1.807, 2.05) is 44.4 Å². The minimum absolute atomic E-state index is 0.0853. The summed E-state index contributed by atoms with van der Waals surface area (Å²) in [6.07, 6.45) is 1.74. The van der Waals surface area contributed by atoms with Crippen LogP contribution in [0.2, 0.25) is 0 Å². The molecule has 1 unspecified atom stereocenters. The van der Waals surface area contributed by atoms with E-state index in [0.717, 1.165) is 5.56 Å². The number of nitrogens with zero attached hydrogens (tertiary/aromatic N) is 3. The Hall–Kier alpha value is -2.99. The predicted octanol–water partition coefficient (Wildman–Crippen LogP) is 2.21. The van der Waals surface area contributed by atoms with Gasteiger partial charge in [0.15, 0.2) is 0 Å². The molecular weight excluding hydrogens is 340 g/mol. The molecule has 0 aliphatic carbocycles. The zero-order valence-corrected chi connectivity index (χ0v) is 15.6. The van der Waals surface area contributed by atoms with Crippen molar-refractivity contribution >= 4 is 16.8 Å². The maximum atomic E-state index is 12.5. The van der Waals surface area contributed by atoms with E-state index in [1.54, 1.807) is 12.1 Å². The van der Waals surface area contributed by atoms with Gasteiger partial charge >= 0.3 is 0 Å². The Labute approximate surface area is 158 Å². The molecule has 0 saturated heterocycles. The standard InChI is InChI=1S/C21H24N4O2/c1-24(2)19(16-8-4-3-5-9-16)14-22-20(26)12-13-25-15-23-18-11-7-6-10-17(18)21(25)27/h3-11,15,19H,12-14H2,1-2H3,(H,22,26). The first-order valence-electron chi connectivity index (χ1n) is 8.98. The fourth-order valence-electron chi connectivity index (χ4n) is 3.06. The number of fused-ring (bicyclic) bond motifs is 1. The van der Waals surface area contributed by atoms with Gasteiger partial charge in [0.05, 0.1) is 23.3 Å². The third-order valence-corrected chi connectivity index (χ3v) is 4.61. The van der Waals surface area contributed by atoms with E-state index in [0.29, 0.717) is 24.0 Å². The number of hydrogen-bond acceptors (Lipinski definition) is 4. The van der Waals surface area contributed by atoms with Gasteiger partial charge in [0.25, 0.3) is 5.56 Å². The van der Waals surface area contributed by atoms with Crippen LogP contribution in [-0.4, -0.2) is 41.0 Å². The SMILES string of the molecule is CN(C)C(CNC(=O)CCn1cnc2ccccc2c1=O)c1ccccc1. The summed E-state index contributed by atoms with van der Waals surface area (Å²) in [4.78, 5) is 31.1. The molecule has 140 valence electrons. The monoisotopic (exact) mass is 364 g/mol. The molecule has 0 fully saturated rings. The second kappa shape index (κ2) is 8.60. The number of benzene rings is 2. The Morgan fingerprint density at radius 1 is 1.11 bits per heavy atom. The Balaban J connectivity index is 1.60. The van der Waals surface area contributed by atoms with Gasteiger partial charge < -0.3 is 10.2 Å². The molecule has 3 aromatic rings. The zero-order valence-electron chi connectivity index (χ0n) is 15.6. The molecule has 0 radical (unpaired) electrons. The molecule has 0 bridgehead atoms. The number of amides is 1. The van der Waals surface area contributed by atoms with Crippen molar-refractivity contribution in [2.75, 3.05) is 20.6 Å². The number of para-hydroxylation sites is 1. The van der Waals surface area contributed by atoms with E-state index in [-0.39, 0.29) is 23.9 Å². The van der Waals surface area contributed by atoms with Crippen molar-refractivity contribution in [3.05, 3.63) is 76.8 Å². The molecule has 1 N–H and O–H groups in total. The Morgan fingerprint density at radius 2 is 1.81 bits per heavy atom. The number of nitrogens with one attached hydrogen (secondary N) is 1. The number of rotatable bonds is 7. The summed E-state index contributed by atoms with van der Waals surface area (Å²) in [6.45, 7) is 0.821. The fourth-order valence-corrected chi connectivity index (χ4v) is 3.06. The predicted molar refractivity (Wildman–Crippen MR) is 106 cm³/mol. The van der Waals surface area contributed by atoms with Gasteiger partial charge in [-0.05, 0) is 31.8 Å². The first-order chi connectivity index (χ1) is 13.1. The maximum Gasteiger partial charge on any atom is 0.261 e. The van der Waals surface area contributed by atoms with Crippen molar-refractivity contribution in [3.63, 3.8) is 0 Å². The minimum atomic E-state index is -0.121. The van der Waals surface area contributed by atoms with E-state index in [9.17, 15) is 9.59 Å². The van der Waals surface area contributed by atoms with Crippen molar-refractivity contribution in [1.29, 1.82) is 0 Å². The highest BCUT2D eigenvalue weighted by Gasteiger charge is 2.15. The van der Waals surface area contributed by atoms with Crippen LogP contribution in [0.3, 0.4) is 0 Å². The summed E-state index contributed by atoms with van der Waals surface area (Å²) in [7, 11) is 3.98. The molecule has 0 aliphatic rings. The van der Waals surface area contributed by atoms with Crippen LogP contribution in [0.25, 0.3) is 10.9 Å². The zero-order chi connectivity index (χ0) is 19.2. The molecule has 0 saturated carbocycles. The van der Waals surface area contributed by atoms with Crippen LogP contribution >= 0.6 is 0 Å². The van der Waals surface area contributed by atoms with Gasteiger partial charge in [-0.25, -0.2) is 4.98 Å². The van der Waals surface area contributed by atoms with E-state index in [4.69, 9.17) is 0 Å². The number of likely N-dealkylation sites (N-methyl/N-ethyl adjacent to an activating group) is 1. The van der Waals surface area contributed by atoms with Crippen LogP contribution in [0.4, 0.5) is 0 Å². The normalized spacial score (nSPS) is 12.3. The topological polar surface area (TPSA) is 67.2 Å². The largest absolute Gasteiger partial charge is 0.354 e. The molecule has 6 heteroatoms. The highest BCUT2D eigenvalue weighted by Crippen LogP contribution is 2.16. The lowest BCUT2D eigenvalue weighted by Crippen LogP contribution is -2.35. The molecule has 1 atom stereocenters. The number of aromatic nitrogens is 2. The lowest BCUT2D eigenvalue weighted by molar-refractivity contribution is -0.121. The third kappa shape index (κ3) is 4.60. The second-order valence-electron chi connectivity index (χ2n) is 6.70. The summed E-state index contributed by atoms with van der Waals surface area (Å²) in [5.41, 5.74) is 1.70. The highest BCUT2D eigenvalue weighted by atomic mass is 16.1. The molecule has 2 aromatic carbocycles. The molecule has 1 heterocycles. The number of carbonyl (C=O) groups excluding carboxylic acids is 1. The Bertz CT molecular complexity index is 967. The molecule has 0 aliphatic heterocycles. The smallest absolute Gasteiger partial charge is 0.261 e. The van der Waals surface area contributed by atoms with Crippen molar-refractivity contribution in [3.8, 4) is 0 Å². The van der Waals surface area contributed by atoms with Crippen LogP contribution in [0, 0.1) is 0 Å². The van der Waals surface area contributed by atoms with Crippen LogP contribution in [0.15, 0.2) is 65.7 Å². The second-order valence-corrected chi connectivity index (χ2v) is 6.70. The first kappa shape index (κ1) is 18.8. The average molecular weight is 364 g/mol. The van der Waals surface area contributed by atoms with Gasteiger partial charge in [0.1, 0.15) is 0 Å². The molecule has 27 heavy (non-hydrogen) atoms. The van der Waals surface area contributed by atoms with Crippen molar-refractivity contribution in [1.82, 2.24) is 19.8 Å². The van der Waals surface area contributed by atoms with Gasteiger partial charge in [-0.15, -0.1) is 0 Å². The molecular formula is C21H24N4O2. The third-order valence-electron chi connectivity index (χ3n) is 4.61. The van der Waals surface area contributed by atoms with Crippen molar-refractivity contribution < 1.29 is 4.79 Å². The quantitative estimate of drug-likeness (QED) is 0.698. The summed E-state index contributed by atoms with van der Waals surface area (Å²) in [6, 6.07) is 17.4. The van der Waals surface area contributed by atoms with Gasteiger partial charge in [0, 0.05) is 19.5 Å². The van der Waals surface area contributed by atoms with E-state index >= 15 is 0 Å². The van der Waals surface area contributed by atoms with Gasteiger partial charge in [-0.1, -0.05) is 42.5 Å². The number of aryl methyl sites for hydroxylation is 1. The van der Waals surface area contributed by atoms with E-state index in [1.165, 1.54) is 10.9 Å².